The molecule has 2 aliphatic rings. The third-order valence-electron chi connectivity index (χ3n) is 8.00. The average molecular weight is 493 g/mol. The van der Waals surface area contributed by atoms with Crippen LogP contribution in [0.2, 0.25) is 0 Å². The zero-order valence-electron chi connectivity index (χ0n) is 20.7. The molecule has 1 aliphatic carbocycles. The maximum absolute atomic E-state index is 12.8. The Morgan fingerprint density at radius 2 is 0.757 bits per heavy atom. The fourth-order valence-electron chi connectivity index (χ4n) is 6.13. The second-order valence-corrected chi connectivity index (χ2v) is 10.2. The molecule has 6 rings (SSSR count). The summed E-state index contributed by atoms with van der Waals surface area (Å²) in [5.74, 6) is -0.857. The molecule has 4 aromatic rings. The molecule has 2 fully saturated rings. The summed E-state index contributed by atoms with van der Waals surface area (Å²) < 4.78 is 13.7. The van der Waals surface area contributed by atoms with Gasteiger partial charge in [0.15, 0.2) is 5.79 Å². The third kappa shape index (κ3) is 4.01. The molecule has 0 aromatic heterocycles. The predicted octanol–water partition coefficient (Wildman–Crippen LogP) is 5.91. The summed E-state index contributed by atoms with van der Waals surface area (Å²) in [6.07, 6.45) is 1.62. The van der Waals surface area contributed by atoms with Gasteiger partial charge in [0.05, 0.1) is 0 Å². The van der Waals surface area contributed by atoms with E-state index in [0.29, 0.717) is 22.3 Å². The third-order valence-corrected chi connectivity index (χ3v) is 8.00. The number of hydrogen-bond acceptors (Lipinski definition) is 4. The second-order valence-electron chi connectivity index (χ2n) is 10.2. The fraction of sp³-hybridized carbons (Fsp3) is 0.273. The van der Waals surface area contributed by atoms with Gasteiger partial charge in [-0.1, -0.05) is 121 Å². The van der Waals surface area contributed by atoms with Crippen molar-refractivity contribution in [2.24, 2.45) is 0 Å². The van der Waals surface area contributed by atoms with Crippen molar-refractivity contribution in [2.75, 3.05) is 0 Å². The molecule has 0 unspecified atom stereocenters. The minimum atomic E-state index is -1.57. The van der Waals surface area contributed by atoms with Crippen molar-refractivity contribution in [3.8, 4) is 0 Å². The van der Waals surface area contributed by atoms with Gasteiger partial charge < -0.3 is 19.7 Å². The van der Waals surface area contributed by atoms with Gasteiger partial charge in [-0.25, -0.2) is 0 Å². The molecule has 1 saturated carbocycles. The highest BCUT2D eigenvalue weighted by Gasteiger charge is 2.63. The molecular formula is C33H32O4. The average Bonchev–Trinajstić information content (AvgIpc) is 3.61. The molecule has 188 valence electrons. The van der Waals surface area contributed by atoms with Crippen LogP contribution < -0.4 is 0 Å². The van der Waals surface area contributed by atoms with Crippen LogP contribution in [0.1, 0.15) is 47.9 Å². The first-order chi connectivity index (χ1) is 18.1. The molecule has 1 aliphatic heterocycles. The highest BCUT2D eigenvalue weighted by atomic mass is 16.8. The smallest absolute Gasteiger partial charge is 0.169 e. The van der Waals surface area contributed by atoms with Gasteiger partial charge in [-0.2, -0.15) is 0 Å². The lowest BCUT2D eigenvalue weighted by Gasteiger charge is -2.42. The molecule has 0 radical (unpaired) electrons. The van der Waals surface area contributed by atoms with Crippen molar-refractivity contribution in [3.05, 3.63) is 144 Å². The van der Waals surface area contributed by atoms with Gasteiger partial charge in [0.25, 0.3) is 0 Å². The summed E-state index contributed by atoms with van der Waals surface area (Å²) in [4.78, 5) is 0. The van der Waals surface area contributed by atoms with Gasteiger partial charge in [0.1, 0.15) is 23.4 Å². The molecule has 2 atom stereocenters. The van der Waals surface area contributed by atoms with E-state index in [-0.39, 0.29) is 0 Å². The molecule has 4 heteroatoms. The number of aliphatic hydroxyl groups is 2. The first kappa shape index (κ1) is 24.1. The molecule has 2 N–H and O–H groups in total. The predicted molar refractivity (Wildman–Crippen MR) is 143 cm³/mol. The van der Waals surface area contributed by atoms with E-state index < -0.39 is 29.2 Å². The van der Waals surface area contributed by atoms with E-state index in [1.54, 1.807) is 0 Å². The monoisotopic (exact) mass is 492 g/mol. The lowest BCUT2D eigenvalue weighted by atomic mass is 9.72. The Morgan fingerprint density at radius 1 is 0.486 bits per heavy atom. The summed E-state index contributed by atoms with van der Waals surface area (Å²) in [5.41, 5.74) is -0.374. The van der Waals surface area contributed by atoms with E-state index in [2.05, 4.69) is 0 Å². The minimum Gasteiger partial charge on any atom is -0.378 e. The van der Waals surface area contributed by atoms with Gasteiger partial charge in [-0.3, -0.25) is 0 Å². The Labute approximate surface area is 218 Å². The van der Waals surface area contributed by atoms with Crippen LogP contribution in [0.25, 0.3) is 0 Å². The Bertz CT molecular complexity index is 1120. The number of benzene rings is 4. The Kier molecular flexibility index (Phi) is 6.21. The molecule has 1 saturated heterocycles. The second kappa shape index (κ2) is 9.55. The van der Waals surface area contributed by atoms with Crippen molar-refractivity contribution in [2.45, 2.75) is 54.9 Å². The summed E-state index contributed by atoms with van der Waals surface area (Å²) in [7, 11) is 0. The minimum absolute atomic E-state index is 0.693. The van der Waals surface area contributed by atoms with Crippen LogP contribution >= 0.6 is 0 Å². The molecule has 4 aromatic carbocycles. The lowest BCUT2D eigenvalue weighted by Crippen LogP contribution is -2.54. The topological polar surface area (TPSA) is 58.9 Å². The van der Waals surface area contributed by atoms with Crippen LogP contribution in [0.15, 0.2) is 121 Å². The van der Waals surface area contributed by atoms with Gasteiger partial charge in [-0.05, 0) is 35.1 Å². The quantitative estimate of drug-likeness (QED) is 0.351. The van der Waals surface area contributed by atoms with Gasteiger partial charge in [0, 0.05) is 12.8 Å². The zero-order valence-corrected chi connectivity index (χ0v) is 20.7. The molecule has 1 spiro atoms. The maximum Gasteiger partial charge on any atom is 0.169 e. The van der Waals surface area contributed by atoms with Crippen LogP contribution in [0, 0.1) is 0 Å². The summed E-state index contributed by atoms with van der Waals surface area (Å²) in [5, 5.41) is 25.6. The van der Waals surface area contributed by atoms with Crippen LogP contribution in [0.3, 0.4) is 0 Å². The van der Waals surface area contributed by atoms with Gasteiger partial charge in [-0.15, -0.1) is 0 Å². The largest absolute Gasteiger partial charge is 0.378 e. The van der Waals surface area contributed by atoms with Crippen molar-refractivity contribution in [1.82, 2.24) is 0 Å². The zero-order chi connectivity index (χ0) is 25.3. The summed E-state index contributed by atoms with van der Waals surface area (Å²) >= 11 is 0. The molecule has 4 nitrogen and oxygen atoms in total. The van der Waals surface area contributed by atoms with E-state index in [1.807, 2.05) is 121 Å². The van der Waals surface area contributed by atoms with E-state index in [4.69, 9.17) is 9.47 Å². The van der Waals surface area contributed by atoms with Crippen molar-refractivity contribution in [1.29, 1.82) is 0 Å². The Balaban J connectivity index is 1.59. The normalized spacial score (nSPS) is 21.4. The van der Waals surface area contributed by atoms with Crippen LogP contribution in [-0.4, -0.2) is 28.2 Å². The van der Waals surface area contributed by atoms with Crippen molar-refractivity contribution < 1.29 is 19.7 Å². The van der Waals surface area contributed by atoms with Crippen LogP contribution in [0.4, 0.5) is 0 Å². The summed E-state index contributed by atoms with van der Waals surface area (Å²) in [6.45, 7) is 0. The highest BCUT2D eigenvalue weighted by molar-refractivity contribution is 5.43. The SMILES string of the molecule is OC(c1ccccc1)(c1ccccc1)[C@H]1OC2(CCCC2)O[C@@H]1C(O)(c1ccccc1)c1ccccc1. The lowest BCUT2D eigenvalue weighted by molar-refractivity contribution is -0.192. The van der Waals surface area contributed by atoms with E-state index >= 15 is 0 Å². The highest BCUT2D eigenvalue weighted by Crippen LogP contribution is 2.53. The van der Waals surface area contributed by atoms with E-state index in [0.717, 1.165) is 25.7 Å². The molecule has 37 heavy (non-hydrogen) atoms. The molecule has 0 bridgehead atoms. The number of ether oxygens (including phenoxy) is 2. The summed E-state index contributed by atoms with van der Waals surface area (Å²) in [6, 6.07) is 38.4. The van der Waals surface area contributed by atoms with E-state index in [9.17, 15) is 10.2 Å². The van der Waals surface area contributed by atoms with Crippen molar-refractivity contribution >= 4 is 0 Å². The standard InChI is InChI=1S/C33H32O4/c34-32(25-15-5-1-6-16-25,26-17-7-2-8-18-26)29-30(37-31(36-29)23-13-14-24-31)33(35,27-19-9-3-10-20-27)28-21-11-4-12-22-28/h1-12,15-22,29-30,34-35H,13-14,23-24H2/t29-,30-/m0/s1. The molecular weight excluding hydrogens is 460 g/mol. The Hall–Kier alpha value is -3.28. The molecule has 0 amide bonds. The van der Waals surface area contributed by atoms with E-state index in [1.165, 1.54) is 0 Å². The van der Waals surface area contributed by atoms with Gasteiger partial charge >= 0.3 is 0 Å². The first-order valence-corrected chi connectivity index (χ1v) is 13.1. The van der Waals surface area contributed by atoms with Crippen LogP contribution in [-0.2, 0) is 20.7 Å². The van der Waals surface area contributed by atoms with Crippen molar-refractivity contribution in [3.63, 3.8) is 0 Å². The maximum atomic E-state index is 12.8. The van der Waals surface area contributed by atoms with Gasteiger partial charge in [0.2, 0.25) is 0 Å². The fourth-order valence-corrected chi connectivity index (χ4v) is 6.13. The first-order valence-electron chi connectivity index (χ1n) is 13.1. The number of rotatable bonds is 6. The van der Waals surface area contributed by atoms with Crippen LogP contribution in [0.5, 0.6) is 0 Å². The Morgan fingerprint density at radius 3 is 1.03 bits per heavy atom. The molecule has 1 heterocycles. The number of hydrogen-bond donors (Lipinski definition) is 2.